The SMILES string of the molecule is C=CCc1cccc2c1Oc1cc([N+](=O)[O-])cc3c1C(=C2)[C@H](C)O3. The Hall–Kier alpha value is -3.08. The van der Waals surface area contributed by atoms with Crippen molar-refractivity contribution in [1.29, 1.82) is 0 Å². The molecule has 0 spiro atoms. The quantitative estimate of drug-likeness (QED) is 0.465. The number of nitro groups is 1. The van der Waals surface area contributed by atoms with Crippen LogP contribution >= 0.6 is 0 Å². The number of nitrogens with zero attached hydrogens (tertiary/aromatic N) is 1. The number of non-ortho nitro benzene ring substituents is 1. The zero-order valence-electron chi connectivity index (χ0n) is 13.1. The maximum absolute atomic E-state index is 11.2. The summed E-state index contributed by atoms with van der Waals surface area (Å²) in [5.74, 6) is 1.68. The van der Waals surface area contributed by atoms with E-state index in [4.69, 9.17) is 9.47 Å². The van der Waals surface area contributed by atoms with Crippen LogP contribution in [0.1, 0.15) is 23.6 Å². The highest BCUT2D eigenvalue weighted by molar-refractivity contribution is 5.94. The van der Waals surface area contributed by atoms with Gasteiger partial charge >= 0.3 is 0 Å². The molecule has 0 unspecified atom stereocenters. The number of ether oxygens (including phenoxy) is 2. The number of fused-ring (bicyclic) bond motifs is 1. The van der Waals surface area contributed by atoms with Crippen molar-refractivity contribution in [3.63, 3.8) is 0 Å². The minimum Gasteiger partial charge on any atom is -0.485 e. The van der Waals surface area contributed by atoms with Crippen molar-refractivity contribution in [2.45, 2.75) is 19.4 Å². The molecule has 0 N–H and O–H groups in total. The fourth-order valence-electron chi connectivity index (χ4n) is 3.22. The summed E-state index contributed by atoms with van der Waals surface area (Å²) in [5, 5.41) is 11.2. The molecule has 2 aromatic carbocycles. The molecule has 0 radical (unpaired) electrons. The maximum atomic E-state index is 11.2. The molecule has 120 valence electrons. The van der Waals surface area contributed by atoms with Crippen LogP contribution in [-0.2, 0) is 6.42 Å². The molecular formula is C19H15NO4. The molecule has 5 nitrogen and oxygen atoms in total. The average molecular weight is 321 g/mol. The maximum Gasteiger partial charge on any atom is 0.276 e. The van der Waals surface area contributed by atoms with E-state index in [9.17, 15) is 10.1 Å². The van der Waals surface area contributed by atoms with Gasteiger partial charge in [0.05, 0.1) is 22.6 Å². The van der Waals surface area contributed by atoms with Crippen molar-refractivity contribution in [2.75, 3.05) is 0 Å². The number of para-hydroxylation sites is 1. The number of benzene rings is 2. The van der Waals surface area contributed by atoms with Gasteiger partial charge in [-0.05, 0) is 25.0 Å². The Labute approximate surface area is 139 Å². The van der Waals surface area contributed by atoms with Crippen molar-refractivity contribution in [2.24, 2.45) is 0 Å². The van der Waals surface area contributed by atoms with Crippen LogP contribution in [0.3, 0.4) is 0 Å². The van der Waals surface area contributed by atoms with Gasteiger partial charge in [0.25, 0.3) is 5.69 Å². The van der Waals surface area contributed by atoms with Crippen LogP contribution in [0.15, 0.2) is 43.0 Å². The molecule has 2 aliphatic rings. The monoisotopic (exact) mass is 321 g/mol. The standard InChI is InChI=1S/C19H15NO4/c1-3-5-12-6-4-7-13-8-15-11(2)23-16-9-14(20(21)22)10-17(18(15)16)24-19(12)13/h3-4,6-11H,1,5H2,2H3/t11-/m0/s1. The smallest absolute Gasteiger partial charge is 0.276 e. The molecule has 0 aromatic heterocycles. The minimum absolute atomic E-state index is 0.0400. The van der Waals surface area contributed by atoms with Gasteiger partial charge in [-0.15, -0.1) is 6.58 Å². The third-order valence-corrected chi connectivity index (χ3v) is 4.31. The molecule has 0 saturated carbocycles. The summed E-state index contributed by atoms with van der Waals surface area (Å²) < 4.78 is 11.9. The molecule has 5 heteroatoms. The fraction of sp³-hybridized carbons (Fsp3) is 0.158. The molecule has 2 heterocycles. The van der Waals surface area contributed by atoms with E-state index >= 15 is 0 Å². The Morgan fingerprint density at radius 3 is 2.88 bits per heavy atom. The highest BCUT2D eigenvalue weighted by Gasteiger charge is 2.34. The predicted octanol–water partition coefficient (Wildman–Crippen LogP) is 4.75. The molecule has 2 aliphatic heterocycles. The second-order valence-corrected chi connectivity index (χ2v) is 5.86. The fourth-order valence-corrected chi connectivity index (χ4v) is 3.22. The molecule has 0 aliphatic carbocycles. The Balaban J connectivity index is 1.98. The minimum atomic E-state index is -0.433. The summed E-state index contributed by atoms with van der Waals surface area (Å²) in [7, 11) is 0. The Morgan fingerprint density at radius 2 is 2.12 bits per heavy atom. The Morgan fingerprint density at radius 1 is 1.33 bits per heavy atom. The third kappa shape index (κ3) is 2.09. The first-order valence-corrected chi connectivity index (χ1v) is 7.70. The van der Waals surface area contributed by atoms with Crippen molar-refractivity contribution >= 4 is 17.3 Å². The van der Waals surface area contributed by atoms with Crippen LogP contribution in [0.25, 0.3) is 11.6 Å². The van der Waals surface area contributed by atoms with Crippen LogP contribution in [0, 0.1) is 10.1 Å². The molecular weight excluding hydrogens is 306 g/mol. The van der Waals surface area contributed by atoms with Gasteiger partial charge in [0.1, 0.15) is 23.4 Å². The van der Waals surface area contributed by atoms with Crippen LogP contribution in [0.5, 0.6) is 17.2 Å². The lowest BCUT2D eigenvalue weighted by Gasteiger charge is -2.13. The van der Waals surface area contributed by atoms with Crippen molar-refractivity contribution in [3.05, 3.63) is 69.8 Å². The highest BCUT2D eigenvalue weighted by Crippen LogP contribution is 2.50. The van der Waals surface area contributed by atoms with Gasteiger partial charge in [-0.25, -0.2) is 0 Å². The van der Waals surface area contributed by atoms with E-state index in [1.54, 1.807) is 0 Å². The largest absolute Gasteiger partial charge is 0.485 e. The molecule has 0 fully saturated rings. The number of allylic oxidation sites excluding steroid dienone is 1. The summed E-state index contributed by atoms with van der Waals surface area (Å²) in [6.07, 6.45) is 4.33. The molecule has 0 amide bonds. The lowest BCUT2D eigenvalue weighted by atomic mass is 9.99. The molecule has 2 aromatic rings. The predicted molar refractivity (Wildman–Crippen MR) is 91.5 cm³/mol. The summed E-state index contributed by atoms with van der Waals surface area (Å²) in [6.45, 7) is 5.71. The van der Waals surface area contributed by atoms with Gasteiger partial charge in [0.15, 0.2) is 0 Å². The second-order valence-electron chi connectivity index (χ2n) is 5.86. The van der Waals surface area contributed by atoms with Crippen molar-refractivity contribution in [1.82, 2.24) is 0 Å². The van der Waals surface area contributed by atoms with Gasteiger partial charge < -0.3 is 9.47 Å². The zero-order valence-corrected chi connectivity index (χ0v) is 13.1. The van der Waals surface area contributed by atoms with Crippen molar-refractivity contribution < 1.29 is 14.4 Å². The van der Waals surface area contributed by atoms with Gasteiger partial charge in [-0.3, -0.25) is 10.1 Å². The lowest BCUT2D eigenvalue weighted by molar-refractivity contribution is -0.385. The summed E-state index contributed by atoms with van der Waals surface area (Å²) >= 11 is 0. The number of hydrogen-bond donors (Lipinski definition) is 0. The first-order valence-electron chi connectivity index (χ1n) is 7.70. The van der Waals surface area contributed by atoms with E-state index < -0.39 is 4.92 Å². The van der Waals surface area contributed by atoms with Crippen LogP contribution < -0.4 is 9.47 Å². The lowest BCUT2D eigenvalue weighted by Crippen LogP contribution is -2.05. The third-order valence-electron chi connectivity index (χ3n) is 4.31. The molecule has 24 heavy (non-hydrogen) atoms. The van der Waals surface area contributed by atoms with Crippen LogP contribution in [-0.4, -0.2) is 11.0 Å². The van der Waals surface area contributed by atoms with Crippen molar-refractivity contribution in [3.8, 4) is 17.2 Å². The van der Waals surface area contributed by atoms with Crippen LogP contribution in [0.2, 0.25) is 0 Å². The zero-order chi connectivity index (χ0) is 16.8. The first kappa shape index (κ1) is 14.5. The number of hydrogen-bond acceptors (Lipinski definition) is 4. The van der Waals surface area contributed by atoms with E-state index in [-0.39, 0.29) is 11.8 Å². The Kier molecular flexibility index (Phi) is 3.16. The average Bonchev–Trinajstić information content (AvgIpc) is 2.75. The van der Waals surface area contributed by atoms with Crippen LogP contribution in [0.4, 0.5) is 5.69 Å². The number of rotatable bonds is 3. The van der Waals surface area contributed by atoms with E-state index in [2.05, 4.69) is 6.58 Å². The van der Waals surface area contributed by atoms with Gasteiger partial charge in [0.2, 0.25) is 0 Å². The van der Waals surface area contributed by atoms with E-state index in [0.717, 1.165) is 22.3 Å². The molecule has 0 saturated heterocycles. The first-order chi connectivity index (χ1) is 11.6. The molecule has 1 atom stereocenters. The highest BCUT2D eigenvalue weighted by atomic mass is 16.6. The van der Waals surface area contributed by atoms with Gasteiger partial charge in [-0.2, -0.15) is 0 Å². The molecule has 0 bridgehead atoms. The van der Waals surface area contributed by atoms with E-state index in [1.165, 1.54) is 12.1 Å². The Bertz CT molecular complexity index is 914. The normalized spacial score (nSPS) is 16.9. The van der Waals surface area contributed by atoms with Gasteiger partial charge in [0, 0.05) is 11.1 Å². The van der Waals surface area contributed by atoms with E-state index in [0.29, 0.717) is 23.7 Å². The number of nitro benzene ring substituents is 1. The second kappa shape index (κ2) is 5.23. The summed E-state index contributed by atoms with van der Waals surface area (Å²) in [4.78, 5) is 10.8. The van der Waals surface area contributed by atoms with E-state index in [1.807, 2.05) is 37.3 Å². The summed E-state index contributed by atoms with van der Waals surface area (Å²) in [5.41, 5.74) is 3.67. The molecule has 4 rings (SSSR count). The summed E-state index contributed by atoms with van der Waals surface area (Å²) in [6, 6.07) is 8.84. The van der Waals surface area contributed by atoms with Gasteiger partial charge in [-0.1, -0.05) is 24.3 Å². The topological polar surface area (TPSA) is 61.6 Å².